The fourth-order valence-electron chi connectivity index (χ4n) is 3.22. The summed E-state index contributed by atoms with van der Waals surface area (Å²) in [6.45, 7) is 12.4. The van der Waals surface area contributed by atoms with Crippen molar-refractivity contribution in [3.05, 3.63) is 41.6 Å². The van der Waals surface area contributed by atoms with Gasteiger partial charge in [-0.05, 0) is 42.5 Å². The minimum absolute atomic E-state index is 0.0444. The molecule has 0 aliphatic rings. The van der Waals surface area contributed by atoms with Gasteiger partial charge in [-0.2, -0.15) is 5.10 Å². The van der Waals surface area contributed by atoms with Crippen LogP contribution >= 0.6 is 0 Å². The van der Waals surface area contributed by atoms with E-state index < -0.39 is 6.10 Å². The lowest BCUT2D eigenvalue weighted by atomic mass is 9.96. The van der Waals surface area contributed by atoms with Gasteiger partial charge in [0, 0.05) is 36.8 Å². The third-order valence-corrected chi connectivity index (χ3v) is 4.37. The number of Topliss-reactive ketones (excluding diaryl/α,β-unsaturated/α-hetero) is 1. The van der Waals surface area contributed by atoms with E-state index >= 15 is 0 Å². The van der Waals surface area contributed by atoms with Crippen LogP contribution in [0.15, 0.2) is 24.5 Å². The Morgan fingerprint density at radius 2 is 1.81 bits per heavy atom. The van der Waals surface area contributed by atoms with Gasteiger partial charge in [0.15, 0.2) is 11.6 Å². The molecule has 6 heteroatoms. The molecule has 0 spiro atoms. The normalized spacial score (nSPS) is 13.1. The molecule has 1 aromatic carbocycles. The van der Waals surface area contributed by atoms with E-state index in [2.05, 4.69) is 41.9 Å². The van der Waals surface area contributed by atoms with Crippen LogP contribution in [-0.2, 0) is 6.54 Å². The van der Waals surface area contributed by atoms with Crippen molar-refractivity contribution < 1.29 is 9.90 Å². The molecule has 2 heterocycles. The van der Waals surface area contributed by atoms with Crippen LogP contribution in [0.4, 0.5) is 0 Å². The number of hydrogen-bond acceptors (Lipinski definition) is 5. The van der Waals surface area contributed by atoms with Gasteiger partial charge in [0.1, 0.15) is 11.8 Å². The van der Waals surface area contributed by atoms with E-state index in [-0.39, 0.29) is 11.2 Å². The molecule has 3 aromatic rings. The smallest absolute Gasteiger partial charge is 0.180 e. The first kappa shape index (κ1) is 19.2. The molecule has 0 radical (unpaired) electrons. The molecular weight excluding hydrogens is 340 g/mol. The van der Waals surface area contributed by atoms with Gasteiger partial charge in [0.2, 0.25) is 0 Å². The molecule has 1 unspecified atom stereocenters. The summed E-state index contributed by atoms with van der Waals surface area (Å²) in [5.41, 5.74) is 4.33. The highest BCUT2D eigenvalue weighted by Crippen LogP contribution is 2.31. The topological polar surface area (TPSA) is 80.9 Å². The van der Waals surface area contributed by atoms with Crippen molar-refractivity contribution in [2.45, 2.75) is 54.2 Å². The average molecular weight is 366 g/mol. The lowest BCUT2D eigenvalue weighted by Crippen LogP contribution is -2.17. The molecule has 0 saturated heterocycles. The molecule has 0 amide bonds. The molecule has 6 nitrogen and oxygen atoms in total. The van der Waals surface area contributed by atoms with Gasteiger partial charge in [-0.3, -0.25) is 9.48 Å². The molecule has 1 N–H and O–H groups in total. The van der Waals surface area contributed by atoms with Crippen molar-refractivity contribution in [1.82, 2.24) is 19.7 Å². The number of benzene rings is 1. The molecule has 142 valence electrons. The summed E-state index contributed by atoms with van der Waals surface area (Å²) in [4.78, 5) is 20.6. The van der Waals surface area contributed by atoms with Crippen LogP contribution in [0.3, 0.4) is 0 Å². The fraction of sp³-hybridized carbons (Fsp3) is 0.429. The zero-order valence-electron chi connectivity index (χ0n) is 16.7. The highest BCUT2D eigenvalue weighted by molar-refractivity contribution is 6.06. The summed E-state index contributed by atoms with van der Waals surface area (Å²) in [5.74, 6) is 0.337. The Balaban J connectivity index is 2.18. The van der Waals surface area contributed by atoms with Crippen molar-refractivity contribution in [2.75, 3.05) is 0 Å². The third kappa shape index (κ3) is 3.90. The second-order valence-corrected chi connectivity index (χ2v) is 8.32. The van der Waals surface area contributed by atoms with Crippen LogP contribution in [0.5, 0.6) is 0 Å². The highest BCUT2D eigenvalue weighted by Gasteiger charge is 2.21. The highest BCUT2D eigenvalue weighted by atomic mass is 16.3. The van der Waals surface area contributed by atoms with E-state index in [1.165, 1.54) is 0 Å². The zero-order chi connectivity index (χ0) is 19.9. The number of aryl methyl sites for hydroxylation is 1. The summed E-state index contributed by atoms with van der Waals surface area (Å²) >= 11 is 0. The number of rotatable bonds is 4. The van der Waals surface area contributed by atoms with Crippen LogP contribution in [0, 0.1) is 12.3 Å². The standard InChI is InChI=1S/C21H26N4O2/c1-12-7-15(16-9-22-20(14(3)27)23-10-16)8-17-18(13(2)26)24-25(19(12)17)11-21(4,5)6/h7-10,14,27H,11H2,1-6H3. The molecule has 1 atom stereocenters. The second kappa shape index (κ2) is 6.85. The quantitative estimate of drug-likeness (QED) is 0.703. The van der Waals surface area contributed by atoms with E-state index in [4.69, 9.17) is 0 Å². The van der Waals surface area contributed by atoms with Crippen LogP contribution in [0.25, 0.3) is 22.0 Å². The number of aliphatic hydroxyl groups is 1. The third-order valence-electron chi connectivity index (χ3n) is 4.37. The molecule has 2 aromatic heterocycles. The number of aromatic nitrogens is 4. The van der Waals surface area contributed by atoms with Crippen LogP contribution < -0.4 is 0 Å². The molecule has 27 heavy (non-hydrogen) atoms. The molecular formula is C21H26N4O2. The van der Waals surface area contributed by atoms with Crippen LogP contribution in [0.1, 0.15) is 62.6 Å². The Hall–Kier alpha value is -2.60. The Kier molecular flexibility index (Phi) is 4.86. The molecule has 0 bridgehead atoms. The maximum Gasteiger partial charge on any atom is 0.180 e. The Morgan fingerprint density at radius 1 is 1.19 bits per heavy atom. The van der Waals surface area contributed by atoms with Gasteiger partial charge >= 0.3 is 0 Å². The van der Waals surface area contributed by atoms with Gasteiger partial charge in [-0.15, -0.1) is 0 Å². The first-order valence-electron chi connectivity index (χ1n) is 9.09. The van der Waals surface area contributed by atoms with Gasteiger partial charge in [-0.1, -0.05) is 20.8 Å². The second-order valence-electron chi connectivity index (χ2n) is 8.32. The maximum atomic E-state index is 12.2. The number of nitrogens with zero attached hydrogens (tertiary/aromatic N) is 4. The monoisotopic (exact) mass is 366 g/mol. The first-order chi connectivity index (χ1) is 12.6. The largest absolute Gasteiger partial charge is 0.385 e. The summed E-state index contributed by atoms with van der Waals surface area (Å²) in [7, 11) is 0. The SMILES string of the molecule is CC(=O)c1nn(CC(C)(C)C)c2c(C)cc(-c3cnc(C(C)O)nc3)cc12. The van der Waals surface area contributed by atoms with Crippen molar-refractivity contribution in [1.29, 1.82) is 0 Å². The van der Waals surface area contributed by atoms with Gasteiger partial charge < -0.3 is 5.11 Å². The summed E-state index contributed by atoms with van der Waals surface area (Å²) in [6, 6.07) is 4.04. The Morgan fingerprint density at radius 3 is 2.33 bits per heavy atom. The fourth-order valence-corrected chi connectivity index (χ4v) is 3.22. The predicted octanol–water partition coefficient (Wildman–Crippen LogP) is 4.10. The van der Waals surface area contributed by atoms with E-state index in [1.54, 1.807) is 26.2 Å². The first-order valence-corrected chi connectivity index (χ1v) is 9.09. The predicted molar refractivity (Wildman–Crippen MR) is 106 cm³/mol. The number of hydrogen-bond donors (Lipinski definition) is 1. The van der Waals surface area contributed by atoms with Gasteiger partial charge in [-0.25, -0.2) is 9.97 Å². The minimum atomic E-state index is -0.705. The van der Waals surface area contributed by atoms with Gasteiger partial charge in [0.25, 0.3) is 0 Å². The number of fused-ring (bicyclic) bond motifs is 1. The van der Waals surface area contributed by atoms with Gasteiger partial charge in [0.05, 0.1) is 5.52 Å². The summed E-state index contributed by atoms with van der Waals surface area (Å²) in [5, 5.41) is 15.0. The lowest BCUT2D eigenvalue weighted by Gasteiger charge is -2.19. The number of aliphatic hydroxyl groups excluding tert-OH is 1. The van der Waals surface area contributed by atoms with Crippen LogP contribution in [0.2, 0.25) is 0 Å². The van der Waals surface area contributed by atoms with Crippen LogP contribution in [-0.4, -0.2) is 30.6 Å². The Bertz CT molecular complexity index is 996. The number of carbonyl (C=O) groups excluding carboxylic acids is 1. The average Bonchev–Trinajstić information content (AvgIpc) is 2.92. The molecule has 0 fully saturated rings. The van der Waals surface area contributed by atoms with Crippen molar-refractivity contribution in [2.24, 2.45) is 5.41 Å². The van der Waals surface area contributed by atoms with Crippen molar-refractivity contribution in [3.8, 4) is 11.1 Å². The molecule has 0 aliphatic heterocycles. The number of carbonyl (C=O) groups is 1. The lowest BCUT2D eigenvalue weighted by molar-refractivity contribution is 0.101. The zero-order valence-corrected chi connectivity index (χ0v) is 16.7. The summed E-state index contributed by atoms with van der Waals surface area (Å²) < 4.78 is 1.94. The van der Waals surface area contributed by atoms with E-state index in [0.29, 0.717) is 11.5 Å². The molecule has 0 saturated carbocycles. The van der Waals surface area contributed by atoms with E-state index in [0.717, 1.165) is 34.1 Å². The number of ketones is 1. The van der Waals surface area contributed by atoms with E-state index in [9.17, 15) is 9.90 Å². The molecule has 3 rings (SSSR count). The van der Waals surface area contributed by atoms with Crippen molar-refractivity contribution in [3.63, 3.8) is 0 Å². The summed E-state index contributed by atoms with van der Waals surface area (Å²) in [6.07, 6.45) is 2.69. The Labute approximate surface area is 159 Å². The van der Waals surface area contributed by atoms with E-state index in [1.807, 2.05) is 17.7 Å². The molecule has 0 aliphatic carbocycles. The minimum Gasteiger partial charge on any atom is -0.385 e. The van der Waals surface area contributed by atoms with Crippen molar-refractivity contribution >= 4 is 16.7 Å². The maximum absolute atomic E-state index is 12.2.